The molecule has 0 rings (SSSR count). The first-order valence-electron chi connectivity index (χ1n) is 5.85. The van der Waals surface area contributed by atoms with Crippen LogP contribution < -0.4 is 0 Å². The predicted molar refractivity (Wildman–Crippen MR) is 64.9 cm³/mol. The Morgan fingerprint density at radius 1 is 1.39 bits per heavy atom. The number of carbonyl (C=O) groups is 2. The van der Waals surface area contributed by atoms with Gasteiger partial charge in [-0.05, 0) is 19.8 Å². The number of hydrogen-bond acceptors (Lipinski definition) is 4. The summed E-state index contributed by atoms with van der Waals surface area (Å²) >= 11 is 0. The van der Waals surface area contributed by atoms with Crippen molar-refractivity contribution in [2.75, 3.05) is 6.61 Å². The molecule has 0 aromatic rings. The monoisotopic (exact) mass is 254 g/mol. The van der Waals surface area contributed by atoms with Crippen molar-refractivity contribution in [1.82, 2.24) is 0 Å². The lowest BCUT2D eigenvalue weighted by molar-refractivity contribution is -0.137. The molecule has 0 saturated heterocycles. The maximum absolute atomic E-state index is 11.5. The zero-order chi connectivity index (χ0) is 13.8. The molecule has 0 bridgehead atoms. The highest BCUT2D eigenvalue weighted by atomic mass is 16.5. The summed E-state index contributed by atoms with van der Waals surface area (Å²) in [6.45, 7) is 3.95. The molecule has 0 aliphatic rings. The summed E-state index contributed by atoms with van der Waals surface area (Å²) in [6.07, 6.45) is 4.47. The highest BCUT2D eigenvalue weighted by Crippen LogP contribution is 2.06. The van der Waals surface area contributed by atoms with Gasteiger partial charge in [0.25, 0.3) is 5.78 Å². The molecule has 0 radical (unpaired) electrons. The van der Waals surface area contributed by atoms with Crippen molar-refractivity contribution in [1.29, 1.82) is 0 Å². The van der Waals surface area contributed by atoms with Crippen LogP contribution in [0.25, 0.3) is 5.53 Å². The lowest BCUT2D eigenvalue weighted by Gasteiger charge is -2.10. The average molecular weight is 254 g/mol. The molecule has 0 amide bonds. The molecule has 100 valence electrons. The lowest BCUT2D eigenvalue weighted by atomic mass is 10.1. The predicted octanol–water partition coefficient (Wildman–Crippen LogP) is 1.51. The minimum Gasteiger partial charge on any atom is -0.489 e. The first kappa shape index (κ1) is 16.1. The summed E-state index contributed by atoms with van der Waals surface area (Å²) in [4.78, 5) is 25.1. The van der Waals surface area contributed by atoms with E-state index in [-0.39, 0.29) is 6.61 Å². The Morgan fingerprint density at radius 2 is 2.11 bits per heavy atom. The largest absolute Gasteiger partial charge is 0.489 e. The van der Waals surface area contributed by atoms with E-state index in [0.717, 1.165) is 31.4 Å². The maximum atomic E-state index is 11.5. The minimum atomic E-state index is -0.744. The van der Waals surface area contributed by atoms with Gasteiger partial charge in [0.05, 0.1) is 18.9 Å². The van der Waals surface area contributed by atoms with Gasteiger partial charge in [-0.3, -0.25) is 4.79 Å². The fourth-order valence-corrected chi connectivity index (χ4v) is 1.19. The molecule has 0 fully saturated rings. The Balaban J connectivity index is 4.35. The molecule has 0 aliphatic heterocycles. The van der Waals surface area contributed by atoms with Gasteiger partial charge in [-0.2, -0.15) is 4.79 Å². The molecule has 18 heavy (non-hydrogen) atoms. The van der Waals surface area contributed by atoms with E-state index in [1.165, 1.54) is 0 Å². The molecule has 6 nitrogen and oxygen atoms in total. The van der Waals surface area contributed by atoms with E-state index < -0.39 is 17.9 Å². The van der Waals surface area contributed by atoms with E-state index in [1.807, 2.05) is 6.92 Å². The Hall–Kier alpha value is -1.94. The van der Waals surface area contributed by atoms with E-state index >= 15 is 0 Å². The number of hydrogen-bond donors (Lipinski definition) is 0. The molecule has 0 aromatic carbocycles. The van der Waals surface area contributed by atoms with Gasteiger partial charge in [-0.15, -0.1) is 0 Å². The van der Waals surface area contributed by atoms with Crippen LogP contribution in [0, 0.1) is 0 Å². The van der Waals surface area contributed by atoms with Crippen molar-refractivity contribution in [3.05, 3.63) is 17.9 Å². The molecule has 0 heterocycles. The second-order valence-corrected chi connectivity index (χ2v) is 3.47. The molecular formula is C12H18N2O4. The van der Waals surface area contributed by atoms with Crippen molar-refractivity contribution in [2.45, 2.75) is 39.2 Å². The number of carbonyl (C=O) groups excluding carboxylic acids is 2. The first-order valence-corrected chi connectivity index (χ1v) is 5.85. The molecule has 0 aromatic heterocycles. The van der Waals surface area contributed by atoms with Crippen molar-refractivity contribution in [3.63, 3.8) is 0 Å². The van der Waals surface area contributed by atoms with Crippen LogP contribution in [0.4, 0.5) is 0 Å². The number of rotatable bonds is 9. The van der Waals surface area contributed by atoms with Crippen molar-refractivity contribution in [3.8, 4) is 0 Å². The van der Waals surface area contributed by atoms with E-state index in [4.69, 9.17) is 10.3 Å². The second-order valence-electron chi connectivity index (χ2n) is 3.47. The Labute approximate surface area is 106 Å². The Kier molecular flexibility index (Phi) is 9.13. The van der Waals surface area contributed by atoms with Gasteiger partial charge in [-0.1, -0.05) is 13.3 Å². The van der Waals surface area contributed by atoms with Crippen LogP contribution in [0.5, 0.6) is 0 Å². The van der Waals surface area contributed by atoms with E-state index in [1.54, 1.807) is 6.92 Å². The molecule has 0 saturated carbocycles. The third-order valence-corrected chi connectivity index (χ3v) is 2.06. The van der Waals surface area contributed by atoms with Crippen molar-refractivity contribution < 1.29 is 23.9 Å². The number of ether oxygens (including phenoxy) is 2. The molecule has 0 spiro atoms. The van der Waals surface area contributed by atoms with E-state index in [2.05, 4.69) is 9.53 Å². The van der Waals surface area contributed by atoms with Gasteiger partial charge < -0.3 is 15.0 Å². The van der Waals surface area contributed by atoms with Gasteiger partial charge in [-0.25, -0.2) is 4.79 Å². The number of nitrogens with zero attached hydrogens (tertiary/aromatic N) is 2. The SMILES string of the molecule is CCCC[C@@H](O/C=C/C(=O)OCC)C(=O)C=[N+]=[N-]. The molecule has 0 unspecified atom stereocenters. The van der Waals surface area contributed by atoms with Gasteiger partial charge in [0.1, 0.15) is 0 Å². The van der Waals surface area contributed by atoms with Gasteiger partial charge in [0, 0.05) is 0 Å². The first-order chi connectivity index (χ1) is 8.65. The van der Waals surface area contributed by atoms with Crippen LogP contribution in [0.3, 0.4) is 0 Å². The van der Waals surface area contributed by atoms with Crippen LogP contribution in [0.1, 0.15) is 33.1 Å². The molecular weight excluding hydrogens is 236 g/mol. The van der Waals surface area contributed by atoms with Crippen molar-refractivity contribution in [2.24, 2.45) is 0 Å². The normalized spacial score (nSPS) is 11.7. The number of unbranched alkanes of at least 4 members (excludes halogenated alkanes) is 1. The molecule has 0 N–H and O–H groups in total. The molecule has 0 aliphatic carbocycles. The fraction of sp³-hybridized carbons (Fsp3) is 0.583. The van der Waals surface area contributed by atoms with Crippen LogP contribution in [0.2, 0.25) is 0 Å². The second kappa shape index (κ2) is 10.2. The third-order valence-electron chi connectivity index (χ3n) is 2.06. The van der Waals surface area contributed by atoms with E-state index in [9.17, 15) is 9.59 Å². The smallest absolute Gasteiger partial charge is 0.333 e. The summed E-state index contributed by atoms with van der Waals surface area (Å²) in [6, 6.07) is 0. The van der Waals surface area contributed by atoms with Gasteiger partial charge in [0.2, 0.25) is 0 Å². The zero-order valence-corrected chi connectivity index (χ0v) is 10.7. The van der Waals surface area contributed by atoms with Crippen LogP contribution >= 0.6 is 0 Å². The minimum absolute atomic E-state index is 0.276. The standard InChI is InChI=1S/C12H18N2O4/c1-3-5-6-11(10(15)9-14-13)18-8-7-12(16)17-4-2/h7-9,11H,3-6H2,1-2H3/b8-7+/t11-/m1/s1. The van der Waals surface area contributed by atoms with E-state index in [0.29, 0.717) is 6.42 Å². The third kappa shape index (κ3) is 7.35. The number of esters is 1. The van der Waals surface area contributed by atoms with Crippen LogP contribution in [0.15, 0.2) is 12.3 Å². The topological polar surface area (TPSA) is 89.0 Å². The summed E-state index contributed by atoms with van der Waals surface area (Å²) in [5.41, 5.74) is 8.30. The summed E-state index contributed by atoms with van der Waals surface area (Å²) in [5.74, 6) is -0.977. The van der Waals surface area contributed by atoms with Gasteiger partial charge >= 0.3 is 12.2 Å². The highest BCUT2D eigenvalue weighted by molar-refractivity contribution is 6.27. The van der Waals surface area contributed by atoms with Gasteiger partial charge in [0.15, 0.2) is 6.10 Å². The summed E-state index contributed by atoms with van der Waals surface area (Å²) < 4.78 is 9.80. The summed E-state index contributed by atoms with van der Waals surface area (Å²) in [5, 5.41) is 0. The number of Topliss-reactive ketones (excluding diaryl/α,β-unsaturated/α-hetero) is 1. The highest BCUT2D eigenvalue weighted by Gasteiger charge is 2.19. The lowest BCUT2D eigenvalue weighted by Crippen LogP contribution is -2.24. The van der Waals surface area contributed by atoms with Crippen LogP contribution in [-0.4, -0.2) is 35.5 Å². The van der Waals surface area contributed by atoms with Crippen molar-refractivity contribution >= 4 is 18.0 Å². The fourth-order valence-electron chi connectivity index (χ4n) is 1.19. The number of ketones is 1. The molecule has 6 heteroatoms. The van der Waals surface area contributed by atoms with Crippen LogP contribution in [-0.2, 0) is 19.1 Å². The molecule has 1 atom stereocenters. The summed E-state index contributed by atoms with van der Waals surface area (Å²) in [7, 11) is 0. The average Bonchev–Trinajstić information content (AvgIpc) is 2.34. The Bertz CT molecular complexity index is 346. The zero-order valence-electron chi connectivity index (χ0n) is 10.7. The Morgan fingerprint density at radius 3 is 2.67 bits per heavy atom. The quantitative estimate of drug-likeness (QED) is 0.156. The maximum Gasteiger partial charge on any atom is 0.333 e.